The molecule has 0 saturated heterocycles. The van der Waals surface area contributed by atoms with Crippen molar-refractivity contribution in [2.45, 2.75) is 37.0 Å². The summed E-state index contributed by atoms with van der Waals surface area (Å²) in [5, 5.41) is 3.09. The predicted molar refractivity (Wildman–Crippen MR) is 134 cm³/mol. The molecule has 2 N–H and O–H groups in total. The van der Waals surface area contributed by atoms with Crippen LogP contribution >= 0.6 is 0 Å². The van der Waals surface area contributed by atoms with Gasteiger partial charge in [0.25, 0.3) is 10.0 Å². The van der Waals surface area contributed by atoms with E-state index in [4.69, 9.17) is 4.74 Å². The number of hydrogen-bond donors (Lipinski definition) is 2. The minimum Gasteiger partial charge on any atom is -0.494 e. The van der Waals surface area contributed by atoms with Gasteiger partial charge in [0, 0.05) is 19.0 Å². The molecule has 1 amide bonds. The van der Waals surface area contributed by atoms with Crippen molar-refractivity contribution in [3.05, 3.63) is 95.6 Å². The van der Waals surface area contributed by atoms with Crippen LogP contribution in [0.25, 0.3) is 0 Å². The molecule has 0 saturated carbocycles. The van der Waals surface area contributed by atoms with Crippen molar-refractivity contribution in [2.24, 2.45) is 0 Å². The van der Waals surface area contributed by atoms with E-state index in [1.807, 2.05) is 42.5 Å². The Balaban J connectivity index is 1.27. The zero-order valence-electron chi connectivity index (χ0n) is 19.9. The second-order valence-electron chi connectivity index (χ2n) is 8.29. The Morgan fingerprint density at radius 1 is 0.833 bits per heavy atom. The molecule has 0 atom stereocenters. The van der Waals surface area contributed by atoms with Gasteiger partial charge in [-0.2, -0.15) is 0 Å². The summed E-state index contributed by atoms with van der Waals surface area (Å²) in [5.74, 6) is -2.09. The molecule has 0 fully saturated rings. The van der Waals surface area contributed by atoms with E-state index in [1.54, 1.807) is 4.72 Å². The van der Waals surface area contributed by atoms with Crippen molar-refractivity contribution in [2.75, 3.05) is 19.7 Å². The first-order valence-corrected chi connectivity index (χ1v) is 13.3. The first-order chi connectivity index (χ1) is 17.3. The summed E-state index contributed by atoms with van der Waals surface area (Å²) in [6.07, 6.45) is 3.50. The molecule has 0 unspecified atom stereocenters. The highest BCUT2D eigenvalue weighted by atomic mass is 32.2. The summed E-state index contributed by atoms with van der Waals surface area (Å²) in [4.78, 5) is 11.2. The first kappa shape index (κ1) is 27.3. The van der Waals surface area contributed by atoms with Gasteiger partial charge >= 0.3 is 0 Å². The topological polar surface area (TPSA) is 84.5 Å². The van der Waals surface area contributed by atoms with Crippen molar-refractivity contribution in [1.29, 1.82) is 0 Å². The van der Waals surface area contributed by atoms with Crippen LogP contribution in [-0.4, -0.2) is 34.0 Å². The summed E-state index contributed by atoms with van der Waals surface area (Å²) in [7, 11) is -4.39. The molecule has 0 aliphatic heterocycles. The Morgan fingerprint density at radius 3 is 2.25 bits per heavy atom. The molecule has 0 aliphatic carbocycles. The van der Waals surface area contributed by atoms with Crippen LogP contribution in [0.3, 0.4) is 0 Å². The molecule has 0 radical (unpaired) electrons. The molecule has 3 aromatic carbocycles. The van der Waals surface area contributed by atoms with Crippen LogP contribution in [0.5, 0.6) is 5.75 Å². The van der Waals surface area contributed by atoms with Gasteiger partial charge in [-0.05, 0) is 67.6 Å². The molecule has 0 bridgehead atoms. The third-order valence-corrected chi connectivity index (χ3v) is 6.83. The summed E-state index contributed by atoms with van der Waals surface area (Å²) in [6.45, 7) is 1.57. The quantitative estimate of drug-likeness (QED) is 0.311. The third kappa shape index (κ3) is 9.05. The van der Waals surface area contributed by atoms with Crippen LogP contribution in [0.1, 0.15) is 30.4 Å². The lowest BCUT2D eigenvalue weighted by molar-refractivity contribution is -0.119. The molecule has 0 heterocycles. The highest BCUT2D eigenvalue weighted by Crippen LogP contribution is 2.16. The van der Waals surface area contributed by atoms with Gasteiger partial charge in [-0.15, -0.1) is 0 Å². The lowest BCUT2D eigenvalue weighted by Crippen LogP contribution is -2.33. The van der Waals surface area contributed by atoms with Gasteiger partial charge < -0.3 is 10.1 Å². The second-order valence-corrected chi connectivity index (χ2v) is 9.94. The van der Waals surface area contributed by atoms with Gasteiger partial charge in [-0.3, -0.25) is 4.79 Å². The number of halogens is 2. The summed E-state index contributed by atoms with van der Waals surface area (Å²) in [5.41, 5.74) is 2.47. The SMILES string of the molecule is O=C(CCNCCCc1ccc(OCCCc2ccccc2)cc1)NS(=O)(=O)c1ccc(F)cc1F. The van der Waals surface area contributed by atoms with E-state index in [-0.39, 0.29) is 13.0 Å². The molecule has 3 aromatic rings. The maximum Gasteiger partial charge on any atom is 0.266 e. The fraction of sp³-hybridized carbons (Fsp3) is 0.296. The molecule has 0 spiro atoms. The average Bonchev–Trinajstić information content (AvgIpc) is 2.85. The maximum absolute atomic E-state index is 13.7. The molecular weight excluding hydrogens is 486 g/mol. The Labute approximate surface area is 210 Å². The number of nitrogens with one attached hydrogen (secondary N) is 2. The van der Waals surface area contributed by atoms with Gasteiger partial charge in [0.15, 0.2) is 0 Å². The van der Waals surface area contributed by atoms with Crippen LogP contribution < -0.4 is 14.8 Å². The Bertz CT molecular complexity index is 1220. The Hall–Kier alpha value is -3.30. The second kappa shape index (κ2) is 13.7. The lowest BCUT2D eigenvalue weighted by Gasteiger charge is -2.09. The van der Waals surface area contributed by atoms with Gasteiger partial charge in [0.1, 0.15) is 22.3 Å². The zero-order chi connectivity index (χ0) is 25.8. The standard InChI is InChI=1S/C27H30F2N2O4S/c28-23-12-15-26(25(29)20-23)36(33,34)31-27(32)16-18-30-17-4-8-22-10-13-24(14-11-22)35-19-5-9-21-6-2-1-3-7-21/h1-3,6-7,10-15,20,30H,4-5,8-9,16-19H2,(H,31,32). The summed E-state index contributed by atoms with van der Waals surface area (Å²) in [6, 6.07) is 20.3. The Morgan fingerprint density at radius 2 is 1.53 bits per heavy atom. The van der Waals surface area contributed by atoms with Gasteiger partial charge in [0.05, 0.1) is 6.61 Å². The zero-order valence-corrected chi connectivity index (χ0v) is 20.7. The van der Waals surface area contributed by atoms with Crippen LogP contribution in [0, 0.1) is 11.6 Å². The molecule has 6 nitrogen and oxygen atoms in total. The predicted octanol–water partition coefficient (Wildman–Crippen LogP) is 4.39. The first-order valence-electron chi connectivity index (χ1n) is 11.8. The van der Waals surface area contributed by atoms with Crippen LogP contribution in [0.15, 0.2) is 77.7 Å². The van der Waals surface area contributed by atoms with E-state index >= 15 is 0 Å². The monoisotopic (exact) mass is 516 g/mol. The fourth-order valence-electron chi connectivity index (χ4n) is 3.56. The largest absolute Gasteiger partial charge is 0.494 e. The average molecular weight is 517 g/mol. The lowest BCUT2D eigenvalue weighted by atomic mass is 10.1. The molecule has 0 aliphatic rings. The minimum atomic E-state index is -4.39. The van der Waals surface area contributed by atoms with Crippen molar-refractivity contribution < 1.29 is 26.7 Å². The number of amides is 1. The van der Waals surface area contributed by atoms with Gasteiger partial charge in [-0.1, -0.05) is 42.5 Å². The highest BCUT2D eigenvalue weighted by molar-refractivity contribution is 7.90. The van der Waals surface area contributed by atoms with Crippen LogP contribution in [-0.2, 0) is 27.7 Å². The Kier molecular flexibility index (Phi) is 10.4. The van der Waals surface area contributed by atoms with E-state index < -0.39 is 32.5 Å². The number of benzene rings is 3. The third-order valence-electron chi connectivity index (χ3n) is 5.42. The summed E-state index contributed by atoms with van der Waals surface area (Å²) < 4.78 is 58.5. The van der Waals surface area contributed by atoms with Crippen molar-refractivity contribution in [1.82, 2.24) is 10.0 Å². The van der Waals surface area contributed by atoms with Gasteiger partial charge in [-0.25, -0.2) is 21.9 Å². The molecule has 3 rings (SSSR count). The van der Waals surface area contributed by atoms with Crippen LogP contribution in [0.2, 0.25) is 0 Å². The number of aryl methyl sites for hydroxylation is 2. The van der Waals surface area contributed by atoms with Crippen molar-refractivity contribution in [3.8, 4) is 5.75 Å². The van der Waals surface area contributed by atoms with Crippen molar-refractivity contribution in [3.63, 3.8) is 0 Å². The summed E-state index contributed by atoms with van der Waals surface area (Å²) >= 11 is 0. The van der Waals surface area contributed by atoms with E-state index in [0.29, 0.717) is 19.2 Å². The van der Waals surface area contributed by atoms with E-state index in [0.717, 1.165) is 43.6 Å². The number of carbonyl (C=O) groups is 1. The highest BCUT2D eigenvalue weighted by Gasteiger charge is 2.21. The van der Waals surface area contributed by atoms with Crippen LogP contribution in [0.4, 0.5) is 8.78 Å². The fourth-order valence-corrected chi connectivity index (χ4v) is 4.63. The number of carbonyl (C=O) groups excluding carboxylic acids is 1. The normalized spacial score (nSPS) is 11.3. The van der Waals surface area contributed by atoms with E-state index in [9.17, 15) is 22.0 Å². The molecule has 9 heteroatoms. The van der Waals surface area contributed by atoms with Crippen molar-refractivity contribution >= 4 is 15.9 Å². The number of ether oxygens (including phenoxy) is 1. The molecule has 36 heavy (non-hydrogen) atoms. The number of sulfonamides is 1. The molecular formula is C27H30F2N2O4S. The van der Waals surface area contributed by atoms with E-state index in [2.05, 4.69) is 17.4 Å². The molecule has 192 valence electrons. The van der Waals surface area contributed by atoms with E-state index in [1.165, 1.54) is 11.1 Å². The number of rotatable bonds is 14. The van der Waals surface area contributed by atoms with Gasteiger partial charge in [0.2, 0.25) is 5.91 Å². The maximum atomic E-state index is 13.7. The smallest absolute Gasteiger partial charge is 0.266 e. The minimum absolute atomic E-state index is 0.0989. The number of hydrogen-bond acceptors (Lipinski definition) is 5. The molecule has 0 aromatic heterocycles.